The molecule has 4 heteroatoms. The molecule has 0 radical (unpaired) electrons. The molecule has 1 aliphatic rings. The zero-order chi connectivity index (χ0) is 12.3. The molecule has 96 valence electrons. The van der Waals surface area contributed by atoms with Gasteiger partial charge in [-0.15, -0.1) is 0 Å². The Morgan fingerprint density at radius 3 is 3.00 bits per heavy atom. The van der Waals surface area contributed by atoms with Crippen molar-refractivity contribution in [1.29, 1.82) is 0 Å². The molecule has 0 aliphatic heterocycles. The maximum Gasteiger partial charge on any atom is 0.138 e. The van der Waals surface area contributed by atoms with Crippen molar-refractivity contribution >= 4 is 0 Å². The van der Waals surface area contributed by atoms with Gasteiger partial charge in [-0.05, 0) is 37.1 Å². The molecule has 1 fully saturated rings. The van der Waals surface area contributed by atoms with Crippen molar-refractivity contribution < 1.29 is 0 Å². The van der Waals surface area contributed by atoms with E-state index >= 15 is 0 Å². The number of aromatic nitrogens is 3. The molecule has 0 bridgehead atoms. The van der Waals surface area contributed by atoms with Gasteiger partial charge in [0.05, 0.1) is 0 Å². The van der Waals surface area contributed by atoms with Crippen LogP contribution in [0.15, 0.2) is 6.33 Å². The molecule has 2 rings (SSSR count). The number of rotatable bonds is 5. The number of hydrogen-bond acceptors (Lipinski definition) is 3. The first-order valence-corrected chi connectivity index (χ1v) is 6.76. The summed E-state index contributed by atoms with van der Waals surface area (Å²) in [5, 5.41) is 4.30. The maximum atomic E-state index is 6.01. The van der Waals surface area contributed by atoms with Gasteiger partial charge < -0.3 is 5.73 Å². The van der Waals surface area contributed by atoms with Crippen molar-refractivity contribution in [2.24, 2.45) is 17.1 Å². The van der Waals surface area contributed by atoms with E-state index in [1.165, 1.54) is 19.3 Å². The van der Waals surface area contributed by atoms with Gasteiger partial charge in [0.2, 0.25) is 0 Å². The summed E-state index contributed by atoms with van der Waals surface area (Å²) in [5.74, 6) is 1.92. The smallest absolute Gasteiger partial charge is 0.138 e. The Labute approximate surface area is 104 Å². The molecule has 1 aliphatic carbocycles. The first-order chi connectivity index (χ1) is 8.19. The molecule has 4 nitrogen and oxygen atoms in total. The van der Waals surface area contributed by atoms with E-state index in [2.05, 4.69) is 23.9 Å². The van der Waals surface area contributed by atoms with E-state index < -0.39 is 0 Å². The molecule has 17 heavy (non-hydrogen) atoms. The van der Waals surface area contributed by atoms with Gasteiger partial charge in [-0.3, -0.25) is 4.68 Å². The zero-order valence-electron chi connectivity index (χ0n) is 11.0. The number of hydrogen-bond donors (Lipinski definition) is 1. The minimum absolute atomic E-state index is 0.276. The summed E-state index contributed by atoms with van der Waals surface area (Å²) in [6.45, 7) is 6.23. The molecule has 0 aromatic carbocycles. The maximum absolute atomic E-state index is 6.01. The lowest BCUT2D eigenvalue weighted by Crippen LogP contribution is -2.31. The fraction of sp³-hybridized carbons (Fsp3) is 0.846. The molecular weight excluding hydrogens is 212 g/mol. The topological polar surface area (TPSA) is 56.7 Å². The third kappa shape index (κ3) is 2.68. The number of aryl methyl sites for hydroxylation is 1. The van der Waals surface area contributed by atoms with Crippen molar-refractivity contribution in [3.8, 4) is 0 Å². The second-order valence-electron chi connectivity index (χ2n) is 5.63. The van der Waals surface area contributed by atoms with Gasteiger partial charge in [0.15, 0.2) is 0 Å². The molecule has 0 spiro atoms. The summed E-state index contributed by atoms with van der Waals surface area (Å²) in [6.07, 6.45) is 7.55. The lowest BCUT2D eigenvalue weighted by atomic mass is 9.81. The van der Waals surface area contributed by atoms with Gasteiger partial charge in [0, 0.05) is 13.0 Å². The van der Waals surface area contributed by atoms with Crippen molar-refractivity contribution in [3.63, 3.8) is 0 Å². The molecular formula is C13H24N4. The van der Waals surface area contributed by atoms with Crippen LogP contribution in [0.2, 0.25) is 0 Å². The fourth-order valence-corrected chi connectivity index (χ4v) is 3.07. The second kappa shape index (κ2) is 5.17. The van der Waals surface area contributed by atoms with Gasteiger partial charge in [0.1, 0.15) is 12.2 Å². The standard InChI is InChI=1S/C13H24N4/c1-3-6-17-12(15-10-16-17)8-13(9-14)5-4-11(2)7-13/h10-11H,3-9,14H2,1-2H3. The Balaban J connectivity index is 2.10. The van der Waals surface area contributed by atoms with Gasteiger partial charge >= 0.3 is 0 Å². The first kappa shape index (κ1) is 12.6. The van der Waals surface area contributed by atoms with Crippen LogP contribution < -0.4 is 5.73 Å². The lowest BCUT2D eigenvalue weighted by molar-refractivity contribution is 0.283. The third-order valence-corrected chi connectivity index (χ3v) is 4.05. The normalized spacial score (nSPS) is 28.8. The Kier molecular flexibility index (Phi) is 3.82. The van der Waals surface area contributed by atoms with Gasteiger partial charge in [-0.2, -0.15) is 5.10 Å². The summed E-state index contributed by atoms with van der Waals surface area (Å²) in [5.41, 5.74) is 6.29. The Bertz CT molecular complexity index is 360. The first-order valence-electron chi connectivity index (χ1n) is 6.76. The van der Waals surface area contributed by atoms with Gasteiger partial charge in [-0.1, -0.05) is 20.3 Å². The fourth-order valence-electron chi connectivity index (χ4n) is 3.07. The average molecular weight is 236 g/mol. The molecule has 1 aromatic rings. The van der Waals surface area contributed by atoms with Crippen molar-refractivity contribution in [1.82, 2.24) is 14.8 Å². The van der Waals surface area contributed by atoms with Crippen molar-refractivity contribution in [2.45, 2.75) is 52.5 Å². The zero-order valence-corrected chi connectivity index (χ0v) is 11.0. The number of nitrogens with two attached hydrogens (primary N) is 1. The quantitative estimate of drug-likeness (QED) is 0.850. The van der Waals surface area contributed by atoms with E-state index in [0.29, 0.717) is 0 Å². The predicted molar refractivity (Wildman–Crippen MR) is 68.5 cm³/mol. The van der Waals surface area contributed by atoms with E-state index in [1.54, 1.807) is 6.33 Å². The molecule has 0 saturated heterocycles. The van der Waals surface area contributed by atoms with Crippen LogP contribution >= 0.6 is 0 Å². The molecule has 1 aromatic heterocycles. The molecule has 1 heterocycles. The van der Waals surface area contributed by atoms with Crippen molar-refractivity contribution in [3.05, 3.63) is 12.2 Å². The molecule has 1 saturated carbocycles. The lowest BCUT2D eigenvalue weighted by Gasteiger charge is -2.27. The highest BCUT2D eigenvalue weighted by Crippen LogP contribution is 2.42. The molecule has 0 amide bonds. The third-order valence-electron chi connectivity index (χ3n) is 4.05. The summed E-state index contributed by atoms with van der Waals surface area (Å²) in [6, 6.07) is 0. The number of nitrogens with zero attached hydrogens (tertiary/aromatic N) is 3. The van der Waals surface area contributed by atoms with Crippen LogP contribution in [-0.2, 0) is 13.0 Å². The molecule has 2 N–H and O–H groups in total. The van der Waals surface area contributed by atoms with E-state index in [4.69, 9.17) is 5.73 Å². The average Bonchev–Trinajstić information content (AvgIpc) is 2.89. The second-order valence-corrected chi connectivity index (χ2v) is 5.63. The predicted octanol–water partition coefficient (Wildman–Crippen LogP) is 2.00. The monoisotopic (exact) mass is 236 g/mol. The minimum atomic E-state index is 0.276. The van der Waals surface area contributed by atoms with Crippen LogP contribution in [0, 0.1) is 11.3 Å². The molecule has 2 unspecified atom stereocenters. The van der Waals surface area contributed by atoms with Crippen LogP contribution in [-0.4, -0.2) is 21.3 Å². The SMILES string of the molecule is CCCn1ncnc1CC1(CN)CCC(C)C1. The summed E-state index contributed by atoms with van der Waals surface area (Å²) < 4.78 is 2.04. The van der Waals surface area contributed by atoms with Crippen molar-refractivity contribution in [2.75, 3.05) is 6.54 Å². The Hall–Kier alpha value is -0.900. The Morgan fingerprint density at radius 1 is 1.59 bits per heavy atom. The van der Waals surface area contributed by atoms with Crippen LogP contribution in [0.4, 0.5) is 0 Å². The summed E-state index contributed by atoms with van der Waals surface area (Å²) in [7, 11) is 0. The van der Waals surface area contributed by atoms with E-state index in [0.717, 1.165) is 37.7 Å². The van der Waals surface area contributed by atoms with Crippen LogP contribution in [0.1, 0.15) is 45.4 Å². The highest BCUT2D eigenvalue weighted by molar-refractivity contribution is 4.98. The summed E-state index contributed by atoms with van der Waals surface area (Å²) >= 11 is 0. The highest BCUT2D eigenvalue weighted by Gasteiger charge is 2.37. The van der Waals surface area contributed by atoms with Gasteiger partial charge in [-0.25, -0.2) is 4.98 Å². The van der Waals surface area contributed by atoms with E-state index in [-0.39, 0.29) is 5.41 Å². The summed E-state index contributed by atoms with van der Waals surface area (Å²) in [4.78, 5) is 4.41. The highest BCUT2D eigenvalue weighted by atomic mass is 15.3. The van der Waals surface area contributed by atoms with E-state index in [1.807, 2.05) is 4.68 Å². The largest absolute Gasteiger partial charge is 0.330 e. The van der Waals surface area contributed by atoms with E-state index in [9.17, 15) is 0 Å². The van der Waals surface area contributed by atoms with Crippen LogP contribution in [0.25, 0.3) is 0 Å². The van der Waals surface area contributed by atoms with Crippen LogP contribution in [0.3, 0.4) is 0 Å². The Morgan fingerprint density at radius 2 is 2.41 bits per heavy atom. The minimum Gasteiger partial charge on any atom is -0.330 e. The van der Waals surface area contributed by atoms with Crippen LogP contribution in [0.5, 0.6) is 0 Å². The molecule has 2 atom stereocenters. The van der Waals surface area contributed by atoms with Gasteiger partial charge in [0.25, 0.3) is 0 Å².